The molecule has 2 aromatic heterocycles. The summed E-state index contributed by atoms with van der Waals surface area (Å²) in [6, 6.07) is 0. The Morgan fingerprint density at radius 2 is 1.75 bits per heavy atom. The number of aromatic nitrogens is 4. The molecule has 1 N–H and O–H groups in total. The molecule has 2 rings (SSSR count). The summed E-state index contributed by atoms with van der Waals surface area (Å²) in [6.45, 7) is 8.22. The topological polar surface area (TPSA) is 76.2 Å². The largest absolute Gasteiger partial charge is 0.380 e. The number of nitrogens with zero attached hydrogens (tertiary/aromatic N) is 4. The van der Waals surface area contributed by atoms with Crippen molar-refractivity contribution in [1.29, 1.82) is 0 Å². The first-order chi connectivity index (χ1) is 9.86. The number of anilines is 1. The van der Waals surface area contributed by atoms with Gasteiger partial charge in [0.15, 0.2) is 11.5 Å². The van der Waals surface area contributed by atoms with Crippen molar-refractivity contribution in [2.75, 3.05) is 44.4 Å². The number of ether oxygens (including phenoxy) is 2. The van der Waals surface area contributed by atoms with E-state index in [9.17, 15) is 0 Å². The van der Waals surface area contributed by atoms with Crippen LogP contribution in [-0.2, 0) is 9.47 Å². The lowest BCUT2D eigenvalue weighted by molar-refractivity contribution is 0.141. The Bertz CT molecular complexity index is 506. The minimum atomic E-state index is 0.655. The van der Waals surface area contributed by atoms with Crippen molar-refractivity contribution < 1.29 is 9.47 Å². The smallest absolute Gasteiger partial charge is 0.182 e. The summed E-state index contributed by atoms with van der Waals surface area (Å²) in [5.74, 6) is 0.840. The third-order valence-corrected chi connectivity index (χ3v) is 2.92. The number of nitrogens with one attached hydrogen (secondary N) is 1. The maximum Gasteiger partial charge on any atom is 0.182 e. The highest BCUT2D eigenvalue weighted by Gasteiger charge is 2.13. The fourth-order valence-electron chi connectivity index (χ4n) is 1.95. The monoisotopic (exact) mass is 279 g/mol. The van der Waals surface area contributed by atoms with Crippen LogP contribution in [-0.4, -0.2) is 59.5 Å². The normalized spacial score (nSPS) is 11.1. The minimum absolute atomic E-state index is 0.655. The summed E-state index contributed by atoms with van der Waals surface area (Å²) in [5.41, 5.74) is 1.52. The van der Waals surface area contributed by atoms with E-state index in [2.05, 4.69) is 24.8 Å². The number of H-pyrrole nitrogens is 1. The lowest BCUT2D eigenvalue weighted by atomic mass is 10.4. The molecule has 0 aromatic carbocycles. The van der Waals surface area contributed by atoms with E-state index in [4.69, 9.17) is 9.47 Å². The Kier molecular flexibility index (Phi) is 5.69. The summed E-state index contributed by atoms with van der Waals surface area (Å²) in [4.78, 5) is 17.9. The van der Waals surface area contributed by atoms with Crippen LogP contribution in [0.5, 0.6) is 0 Å². The Morgan fingerprint density at radius 1 is 1.05 bits per heavy atom. The molecule has 2 aromatic rings. The van der Waals surface area contributed by atoms with Gasteiger partial charge in [-0.25, -0.2) is 15.0 Å². The lowest BCUT2D eigenvalue weighted by Gasteiger charge is -2.23. The van der Waals surface area contributed by atoms with Crippen molar-refractivity contribution in [1.82, 2.24) is 19.9 Å². The first kappa shape index (κ1) is 14.7. The van der Waals surface area contributed by atoms with E-state index in [0.717, 1.165) is 24.4 Å². The third-order valence-electron chi connectivity index (χ3n) is 2.92. The molecule has 0 radical (unpaired) electrons. The zero-order valence-electron chi connectivity index (χ0n) is 12.0. The minimum Gasteiger partial charge on any atom is -0.380 e. The van der Waals surface area contributed by atoms with Gasteiger partial charge in [-0.2, -0.15) is 0 Å². The van der Waals surface area contributed by atoms with Gasteiger partial charge in [-0.05, 0) is 13.8 Å². The standard InChI is InChI=1S/C13H21N5O2/c1-3-19-7-5-18(6-8-20-4-2)13-11-12(15-9-14-11)16-10-17-13/h9-10H,3-8H2,1-2H3,(H,14,15,16,17). The predicted molar refractivity (Wildman–Crippen MR) is 76.9 cm³/mol. The van der Waals surface area contributed by atoms with Crippen molar-refractivity contribution in [2.45, 2.75) is 13.8 Å². The molecule has 0 aliphatic heterocycles. The van der Waals surface area contributed by atoms with Crippen LogP contribution in [0.4, 0.5) is 5.82 Å². The van der Waals surface area contributed by atoms with E-state index in [1.54, 1.807) is 6.33 Å². The van der Waals surface area contributed by atoms with Crippen molar-refractivity contribution >= 4 is 17.0 Å². The molecule has 0 aliphatic rings. The maximum absolute atomic E-state index is 5.43. The van der Waals surface area contributed by atoms with Crippen molar-refractivity contribution in [2.24, 2.45) is 0 Å². The molecule has 20 heavy (non-hydrogen) atoms. The summed E-state index contributed by atoms with van der Waals surface area (Å²) < 4.78 is 10.9. The van der Waals surface area contributed by atoms with Gasteiger partial charge in [0.2, 0.25) is 0 Å². The summed E-state index contributed by atoms with van der Waals surface area (Å²) >= 11 is 0. The Labute approximate surface area is 118 Å². The van der Waals surface area contributed by atoms with Gasteiger partial charge < -0.3 is 19.4 Å². The molecule has 0 saturated carbocycles. The molecule has 0 aliphatic carbocycles. The Hall–Kier alpha value is -1.73. The fourth-order valence-corrected chi connectivity index (χ4v) is 1.95. The van der Waals surface area contributed by atoms with E-state index in [1.165, 1.54) is 6.33 Å². The van der Waals surface area contributed by atoms with Crippen LogP contribution < -0.4 is 4.90 Å². The highest BCUT2D eigenvalue weighted by atomic mass is 16.5. The predicted octanol–water partition coefficient (Wildman–Crippen LogP) is 1.23. The maximum atomic E-state index is 5.43. The van der Waals surface area contributed by atoms with Gasteiger partial charge in [-0.3, -0.25) is 0 Å². The van der Waals surface area contributed by atoms with Gasteiger partial charge in [0.1, 0.15) is 11.8 Å². The zero-order chi connectivity index (χ0) is 14.2. The molecular formula is C13H21N5O2. The van der Waals surface area contributed by atoms with Crippen LogP contribution in [0.3, 0.4) is 0 Å². The highest BCUT2D eigenvalue weighted by molar-refractivity contribution is 5.82. The Balaban J connectivity index is 2.13. The molecule has 0 spiro atoms. The van der Waals surface area contributed by atoms with E-state index < -0.39 is 0 Å². The molecule has 110 valence electrons. The van der Waals surface area contributed by atoms with Crippen LogP contribution >= 0.6 is 0 Å². The lowest BCUT2D eigenvalue weighted by Crippen LogP contribution is -2.32. The molecular weight excluding hydrogens is 258 g/mol. The molecule has 7 heteroatoms. The first-order valence-electron chi connectivity index (χ1n) is 6.91. The van der Waals surface area contributed by atoms with Crippen LogP contribution in [0.1, 0.15) is 13.8 Å². The van der Waals surface area contributed by atoms with Gasteiger partial charge >= 0.3 is 0 Å². The molecule has 0 saturated heterocycles. The second kappa shape index (κ2) is 7.76. The van der Waals surface area contributed by atoms with Crippen LogP contribution in [0, 0.1) is 0 Å². The molecule has 7 nitrogen and oxygen atoms in total. The number of hydrogen-bond acceptors (Lipinski definition) is 6. The molecule has 2 heterocycles. The number of fused-ring (bicyclic) bond motifs is 1. The molecule has 0 unspecified atom stereocenters. The van der Waals surface area contributed by atoms with E-state index >= 15 is 0 Å². The molecule has 0 atom stereocenters. The van der Waals surface area contributed by atoms with Crippen LogP contribution in [0.25, 0.3) is 11.2 Å². The third kappa shape index (κ3) is 3.64. The second-order valence-electron chi connectivity index (χ2n) is 4.18. The molecule has 0 fully saturated rings. The molecule has 0 bridgehead atoms. The summed E-state index contributed by atoms with van der Waals surface area (Å²) in [6.07, 6.45) is 3.17. The van der Waals surface area contributed by atoms with Gasteiger partial charge in [0.25, 0.3) is 0 Å². The molecule has 0 amide bonds. The van der Waals surface area contributed by atoms with Crippen LogP contribution in [0.15, 0.2) is 12.7 Å². The average molecular weight is 279 g/mol. The highest BCUT2D eigenvalue weighted by Crippen LogP contribution is 2.19. The Morgan fingerprint density at radius 3 is 2.40 bits per heavy atom. The first-order valence-corrected chi connectivity index (χ1v) is 6.91. The number of rotatable bonds is 9. The van der Waals surface area contributed by atoms with Gasteiger partial charge in [0.05, 0.1) is 19.5 Å². The quantitative estimate of drug-likeness (QED) is 0.696. The van der Waals surface area contributed by atoms with Crippen LogP contribution in [0.2, 0.25) is 0 Å². The number of imidazole rings is 1. The van der Waals surface area contributed by atoms with Crippen molar-refractivity contribution in [3.8, 4) is 0 Å². The van der Waals surface area contributed by atoms with Gasteiger partial charge in [-0.1, -0.05) is 0 Å². The van der Waals surface area contributed by atoms with E-state index in [1.807, 2.05) is 13.8 Å². The number of hydrogen-bond donors (Lipinski definition) is 1. The van der Waals surface area contributed by atoms with Crippen molar-refractivity contribution in [3.63, 3.8) is 0 Å². The van der Waals surface area contributed by atoms with E-state index in [0.29, 0.717) is 32.1 Å². The summed E-state index contributed by atoms with van der Waals surface area (Å²) in [7, 11) is 0. The second-order valence-corrected chi connectivity index (χ2v) is 4.18. The van der Waals surface area contributed by atoms with Gasteiger partial charge in [-0.15, -0.1) is 0 Å². The average Bonchev–Trinajstić information content (AvgIpc) is 2.94. The van der Waals surface area contributed by atoms with Crippen molar-refractivity contribution in [3.05, 3.63) is 12.7 Å². The zero-order valence-corrected chi connectivity index (χ0v) is 12.0. The van der Waals surface area contributed by atoms with Gasteiger partial charge in [0, 0.05) is 26.3 Å². The fraction of sp³-hybridized carbons (Fsp3) is 0.615. The SMILES string of the molecule is CCOCCN(CCOCC)c1ncnc2nc[nH]c12. The summed E-state index contributed by atoms with van der Waals surface area (Å²) in [5, 5.41) is 0. The number of aromatic amines is 1. The van der Waals surface area contributed by atoms with E-state index in [-0.39, 0.29) is 0 Å².